The Morgan fingerprint density at radius 2 is 2.03 bits per heavy atom. The van der Waals surface area contributed by atoms with Gasteiger partial charge in [0.15, 0.2) is 5.82 Å². The maximum Gasteiger partial charge on any atom is 0.261 e. The Bertz CT molecular complexity index is 1080. The molecule has 2 aromatic heterocycles. The van der Waals surface area contributed by atoms with Crippen molar-refractivity contribution in [1.82, 2.24) is 24.6 Å². The van der Waals surface area contributed by atoms with Crippen LogP contribution >= 0.6 is 0 Å². The van der Waals surface area contributed by atoms with Gasteiger partial charge in [0.25, 0.3) is 5.56 Å². The summed E-state index contributed by atoms with van der Waals surface area (Å²) < 4.78 is 7.21. The molecule has 3 aromatic rings. The van der Waals surface area contributed by atoms with Crippen LogP contribution in [0.5, 0.6) is 5.88 Å². The van der Waals surface area contributed by atoms with Crippen LogP contribution in [0.1, 0.15) is 6.42 Å². The summed E-state index contributed by atoms with van der Waals surface area (Å²) >= 11 is 0. The fraction of sp³-hybridized carbons (Fsp3) is 0.350. The number of carbonyl (C=O) groups excluding carboxylic acids is 1. The van der Waals surface area contributed by atoms with Gasteiger partial charge in [0.05, 0.1) is 23.8 Å². The van der Waals surface area contributed by atoms with Gasteiger partial charge in [0.1, 0.15) is 12.6 Å². The molecule has 9 heteroatoms. The molecule has 0 unspecified atom stereocenters. The molecule has 1 aliphatic heterocycles. The predicted octanol–water partition coefficient (Wildman–Crippen LogP) is 0.932. The van der Waals surface area contributed by atoms with E-state index < -0.39 is 0 Å². The number of nitrogens with zero attached hydrogens (tertiary/aromatic N) is 6. The van der Waals surface area contributed by atoms with E-state index in [1.54, 1.807) is 29.2 Å². The molecule has 0 aliphatic carbocycles. The van der Waals surface area contributed by atoms with E-state index in [1.807, 2.05) is 31.1 Å². The highest BCUT2D eigenvalue weighted by Crippen LogP contribution is 2.18. The predicted molar refractivity (Wildman–Crippen MR) is 108 cm³/mol. The number of hydrogen-bond donors (Lipinski definition) is 0. The van der Waals surface area contributed by atoms with Gasteiger partial charge in [0.2, 0.25) is 11.8 Å². The van der Waals surface area contributed by atoms with Crippen molar-refractivity contribution in [3.05, 3.63) is 53.1 Å². The highest BCUT2D eigenvalue weighted by molar-refractivity contribution is 5.79. The van der Waals surface area contributed by atoms with Crippen LogP contribution in [0.25, 0.3) is 10.9 Å². The van der Waals surface area contributed by atoms with Crippen LogP contribution in [0.2, 0.25) is 0 Å². The first-order valence-corrected chi connectivity index (χ1v) is 9.41. The quantitative estimate of drug-likeness (QED) is 0.636. The van der Waals surface area contributed by atoms with Crippen molar-refractivity contribution >= 4 is 22.6 Å². The van der Waals surface area contributed by atoms with Crippen LogP contribution in [0, 0.1) is 0 Å². The molecule has 1 aliphatic rings. The lowest BCUT2D eigenvalue weighted by molar-refractivity contribution is -0.131. The smallest absolute Gasteiger partial charge is 0.261 e. The molecule has 3 heterocycles. The zero-order valence-electron chi connectivity index (χ0n) is 16.4. The van der Waals surface area contributed by atoms with E-state index in [4.69, 9.17) is 4.74 Å². The third-order valence-electron chi connectivity index (χ3n) is 4.91. The van der Waals surface area contributed by atoms with Gasteiger partial charge in [-0.15, -0.1) is 10.2 Å². The number of ether oxygens (including phenoxy) is 1. The molecule has 4 rings (SSSR count). The highest BCUT2D eigenvalue weighted by Gasteiger charge is 2.28. The SMILES string of the molecule is CN(C)c1ccc(O[C@@H]2CCN(C(=O)Cn3cnc4ccccc4c3=O)C2)nn1. The van der Waals surface area contributed by atoms with E-state index in [0.717, 1.165) is 5.82 Å². The van der Waals surface area contributed by atoms with E-state index in [9.17, 15) is 9.59 Å². The average Bonchev–Trinajstić information content (AvgIpc) is 3.19. The number of fused-ring (bicyclic) bond motifs is 1. The van der Waals surface area contributed by atoms with E-state index in [-0.39, 0.29) is 24.1 Å². The van der Waals surface area contributed by atoms with Gasteiger partial charge >= 0.3 is 0 Å². The van der Waals surface area contributed by atoms with Gasteiger partial charge in [-0.05, 0) is 18.2 Å². The van der Waals surface area contributed by atoms with Crippen molar-refractivity contribution in [3.8, 4) is 5.88 Å². The molecular formula is C20H22N6O3. The Hall–Kier alpha value is -3.49. The van der Waals surface area contributed by atoms with Crippen LogP contribution in [0.4, 0.5) is 5.82 Å². The summed E-state index contributed by atoms with van der Waals surface area (Å²) in [5.74, 6) is 1.05. The zero-order chi connectivity index (χ0) is 20.4. The number of benzene rings is 1. The maximum atomic E-state index is 12.7. The van der Waals surface area contributed by atoms with Crippen molar-refractivity contribution in [2.45, 2.75) is 19.1 Å². The Labute approximate surface area is 167 Å². The van der Waals surface area contributed by atoms with Crippen LogP contribution in [0.15, 0.2) is 47.5 Å². The summed E-state index contributed by atoms with van der Waals surface area (Å²) in [6, 6.07) is 10.7. The second-order valence-electron chi connectivity index (χ2n) is 7.19. The van der Waals surface area contributed by atoms with Gasteiger partial charge < -0.3 is 14.5 Å². The molecule has 1 saturated heterocycles. The normalized spacial score (nSPS) is 16.2. The molecule has 0 saturated carbocycles. The second kappa shape index (κ2) is 7.86. The van der Waals surface area contributed by atoms with Crippen LogP contribution in [-0.2, 0) is 11.3 Å². The summed E-state index contributed by atoms with van der Waals surface area (Å²) in [4.78, 5) is 33.1. The number of para-hydroxylation sites is 1. The summed E-state index contributed by atoms with van der Waals surface area (Å²) in [5, 5.41) is 8.67. The number of carbonyl (C=O) groups is 1. The molecular weight excluding hydrogens is 372 g/mol. The minimum absolute atomic E-state index is 0.0409. The average molecular weight is 394 g/mol. The largest absolute Gasteiger partial charge is 0.471 e. The lowest BCUT2D eigenvalue weighted by atomic mass is 10.2. The Morgan fingerprint density at radius 1 is 1.21 bits per heavy atom. The monoisotopic (exact) mass is 394 g/mol. The molecule has 1 amide bonds. The van der Waals surface area contributed by atoms with Gasteiger partial charge in [-0.25, -0.2) is 4.98 Å². The number of hydrogen-bond acceptors (Lipinski definition) is 7. The number of anilines is 1. The topological polar surface area (TPSA) is 93.5 Å². The van der Waals surface area contributed by atoms with Crippen LogP contribution in [-0.4, -0.2) is 63.8 Å². The maximum absolute atomic E-state index is 12.7. The minimum atomic E-state index is -0.216. The second-order valence-corrected chi connectivity index (χ2v) is 7.19. The molecule has 1 atom stereocenters. The Kier molecular flexibility index (Phi) is 5.11. The first-order valence-electron chi connectivity index (χ1n) is 9.41. The number of aromatic nitrogens is 4. The van der Waals surface area contributed by atoms with Crippen molar-refractivity contribution in [2.75, 3.05) is 32.1 Å². The minimum Gasteiger partial charge on any atom is -0.471 e. The van der Waals surface area contributed by atoms with Gasteiger partial charge in [-0.1, -0.05) is 12.1 Å². The number of likely N-dealkylation sites (tertiary alicyclic amines) is 1. The van der Waals surface area contributed by atoms with E-state index >= 15 is 0 Å². The Balaban J connectivity index is 1.38. The van der Waals surface area contributed by atoms with Gasteiger partial charge in [-0.2, -0.15) is 0 Å². The molecule has 29 heavy (non-hydrogen) atoms. The summed E-state index contributed by atoms with van der Waals surface area (Å²) in [5.41, 5.74) is 0.407. The fourth-order valence-electron chi connectivity index (χ4n) is 3.30. The van der Waals surface area contributed by atoms with Crippen LogP contribution < -0.4 is 15.2 Å². The molecule has 9 nitrogen and oxygen atoms in total. The Morgan fingerprint density at radius 3 is 2.79 bits per heavy atom. The molecule has 0 radical (unpaired) electrons. The molecule has 0 spiro atoms. The third-order valence-corrected chi connectivity index (χ3v) is 4.91. The molecule has 1 aromatic carbocycles. The summed E-state index contributed by atoms with van der Waals surface area (Å²) in [6.07, 6.45) is 1.98. The standard InChI is InChI=1S/C20H22N6O3/c1-24(2)17-7-8-18(23-22-17)29-14-9-10-25(11-14)19(27)12-26-13-21-16-6-4-3-5-15(16)20(26)28/h3-8,13-14H,9-12H2,1-2H3/t14-/m1/s1. The highest BCUT2D eigenvalue weighted by atomic mass is 16.5. The van der Waals surface area contributed by atoms with Crippen LogP contribution in [0.3, 0.4) is 0 Å². The zero-order valence-corrected chi connectivity index (χ0v) is 16.4. The number of amides is 1. The van der Waals surface area contributed by atoms with Crippen molar-refractivity contribution in [1.29, 1.82) is 0 Å². The van der Waals surface area contributed by atoms with Crippen molar-refractivity contribution < 1.29 is 9.53 Å². The number of rotatable bonds is 5. The third kappa shape index (κ3) is 4.03. The first kappa shape index (κ1) is 18.9. The molecule has 150 valence electrons. The lowest BCUT2D eigenvalue weighted by Crippen LogP contribution is -2.36. The fourth-order valence-corrected chi connectivity index (χ4v) is 3.30. The lowest BCUT2D eigenvalue weighted by Gasteiger charge is -2.18. The van der Waals surface area contributed by atoms with Gasteiger partial charge in [0, 0.05) is 33.1 Å². The van der Waals surface area contributed by atoms with E-state index in [0.29, 0.717) is 36.3 Å². The summed E-state index contributed by atoms with van der Waals surface area (Å²) in [6.45, 7) is 0.981. The van der Waals surface area contributed by atoms with E-state index in [1.165, 1.54) is 10.9 Å². The molecule has 0 N–H and O–H groups in total. The summed E-state index contributed by atoms with van der Waals surface area (Å²) in [7, 11) is 3.78. The van der Waals surface area contributed by atoms with Gasteiger partial charge in [-0.3, -0.25) is 14.2 Å². The molecule has 1 fully saturated rings. The first-order chi connectivity index (χ1) is 14.0. The van der Waals surface area contributed by atoms with E-state index in [2.05, 4.69) is 15.2 Å². The molecule has 0 bridgehead atoms. The van der Waals surface area contributed by atoms with Crippen molar-refractivity contribution in [2.24, 2.45) is 0 Å². The van der Waals surface area contributed by atoms with Crippen molar-refractivity contribution in [3.63, 3.8) is 0 Å².